The van der Waals surface area contributed by atoms with Gasteiger partial charge in [0.2, 0.25) is 0 Å². The van der Waals surface area contributed by atoms with Crippen LogP contribution in [0.3, 0.4) is 0 Å². The van der Waals surface area contributed by atoms with E-state index in [1.807, 2.05) is 13.8 Å². The van der Waals surface area contributed by atoms with E-state index in [1.165, 1.54) is 19.1 Å². The Morgan fingerprint density at radius 1 is 1.35 bits per heavy atom. The molecule has 17 heavy (non-hydrogen) atoms. The fourth-order valence-electron chi connectivity index (χ4n) is 1.55. The van der Waals surface area contributed by atoms with Crippen LogP contribution in [0.5, 0.6) is 11.5 Å². The zero-order chi connectivity index (χ0) is 13.2. The lowest BCUT2D eigenvalue weighted by atomic mass is 10.0. The van der Waals surface area contributed by atoms with Gasteiger partial charge in [-0.1, -0.05) is 0 Å². The number of aliphatic hydroxyl groups excluding tert-OH is 1. The third-order valence-corrected chi connectivity index (χ3v) is 2.22. The monoisotopic (exact) mass is 239 g/mol. The molecule has 0 fully saturated rings. The van der Waals surface area contributed by atoms with Gasteiger partial charge in [0.25, 0.3) is 5.91 Å². The van der Waals surface area contributed by atoms with Gasteiger partial charge in [0.05, 0.1) is 23.3 Å². The van der Waals surface area contributed by atoms with E-state index in [0.717, 1.165) is 0 Å². The van der Waals surface area contributed by atoms with Crippen molar-refractivity contribution < 1.29 is 19.7 Å². The second-order valence-electron chi connectivity index (χ2n) is 4.08. The molecule has 0 aromatic heterocycles. The van der Waals surface area contributed by atoms with E-state index in [2.05, 4.69) is 0 Å². The highest BCUT2D eigenvalue weighted by Crippen LogP contribution is 2.36. The standard InChI is InChI=1S/C12H17NO4/c1-6(2)17-9-5-4-8(12(13)16)11(15)10(9)7(3)14/h4-7,14-15H,1-3H3,(H2,13,16). The molecular formula is C12H17NO4. The average Bonchev–Trinajstić information content (AvgIpc) is 2.15. The number of nitrogens with two attached hydrogens (primary N) is 1. The number of primary amides is 1. The molecule has 4 N–H and O–H groups in total. The Morgan fingerprint density at radius 3 is 2.35 bits per heavy atom. The quantitative estimate of drug-likeness (QED) is 0.739. The number of phenols is 1. The van der Waals surface area contributed by atoms with Crippen LogP contribution in [0, 0.1) is 0 Å². The zero-order valence-electron chi connectivity index (χ0n) is 10.1. The predicted octanol–water partition coefficient (Wildman–Crippen LogP) is 1.33. The highest BCUT2D eigenvalue weighted by atomic mass is 16.5. The van der Waals surface area contributed by atoms with Crippen LogP contribution in [0.15, 0.2) is 12.1 Å². The summed E-state index contributed by atoms with van der Waals surface area (Å²) in [5.74, 6) is -0.733. The molecule has 0 saturated carbocycles. The van der Waals surface area contributed by atoms with Crippen LogP contribution in [0.25, 0.3) is 0 Å². The summed E-state index contributed by atoms with van der Waals surface area (Å²) >= 11 is 0. The topological polar surface area (TPSA) is 92.8 Å². The first kappa shape index (κ1) is 13.3. The molecule has 1 rings (SSSR count). The maximum Gasteiger partial charge on any atom is 0.252 e. The summed E-state index contributed by atoms with van der Waals surface area (Å²) in [6, 6.07) is 2.89. The molecule has 94 valence electrons. The van der Waals surface area contributed by atoms with Crippen LogP contribution in [-0.2, 0) is 0 Å². The molecule has 0 aliphatic carbocycles. The number of benzene rings is 1. The SMILES string of the molecule is CC(C)Oc1ccc(C(N)=O)c(O)c1C(C)O. The average molecular weight is 239 g/mol. The fraction of sp³-hybridized carbons (Fsp3) is 0.417. The number of carbonyl (C=O) groups excluding carboxylic acids is 1. The van der Waals surface area contributed by atoms with Crippen LogP contribution < -0.4 is 10.5 Å². The van der Waals surface area contributed by atoms with E-state index < -0.39 is 12.0 Å². The predicted molar refractivity (Wildman–Crippen MR) is 63.0 cm³/mol. The summed E-state index contributed by atoms with van der Waals surface area (Å²) in [6.07, 6.45) is -1.06. The summed E-state index contributed by atoms with van der Waals surface area (Å²) in [4.78, 5) is 11.1. The van der Waals surface area contributed by atoms with Gasteiger partial charge >= 0.3 is 0 Å². The smallest absolute Gasteiger partial charge is 0.252 e. The van der Waals surface area contributed by atoms with Crippen molar-refractivity contribution in [3.05, 3.63) is 23.3 Å². The van der Waals surface area contributed by atoms with Crippen LogP contribution in [0.2, 0.25) is 0 Å². The van der Waals surface area contributed by atoms with Gasteiger partial charge in [0, 0.05) is 0 Å². The van der Waals surface area contributed by atoms with E-state index >= 15 is 0 Å². The molecule has 0 heterocycles. The van der Waals surface area contributed by atoms with Crippen LogP contribution >= 0.6 is 0 Å². The van der Waals surface area contributed by atoms with Crippen molar-refractivity contribution in [3.8, 4) is 11.5 Å². The summed E-state index contributed by atoms with van der Waals surface area (Å²) in [6.45, 7) is 5.13. The Balaban J connectivity index is 3.34. The maximum absolute atomic E-state index is 11.1. The molecule has 1 aromatic rings. The molecule has 0 saturated heterocycles. The van der Waals surface area contributed by atoms with E-state index in [-0.39, 0.29) is 23.0 Å². The van der Waals surface area contributed by atoms with Gasteiger partial charge in [-0.2, -0.15) is 0 Å². The number of ether oxygens (including phenoxy) is 1. The summed E-state index contributed by atoms with van der Waals surface area (Å²) in [5.41, 5.74) is 5.26. The van der Waals surface area contributed by atoms with Gasteiger partial charge in [0.1, 0.15) is 11.5 Å². The normalized spacial score (nSPS) is 12.5. The van der Waals surface area contributed by atoms with Gasteiger partial charge in [-0.3, -0.25) is 4.79 Å². The second kappa shape index (κ2) is 5.05. The molecule has 1 amide bonds. The van der Waals surface area contributed by atoms with Gasteiger partial charge in [0.15, 0.2) is 0 Å². The number of carbonyl (C=O) groups is 1. The van der Waals surface area contributed by atoms with E-state index in [9.17, 15) is 15.0 Å². The van der Waals surface area contributed by atoms with E-state index in [4.69, 9.17) is 10.5 Å². The number of hydrogen-bond acceptors (Lipinski definition) is 4. The highest BCUT2D eigenvalue weighted by Gasteiger charge is 2.20. The highest BCUT2D eigenvalue weighted by molar-refractivity contribution is 5.96. The van der Waals surface area contributed by atoms with Gasteiger partial charge in [-0.05, 0) is 32.9 Å². The Kier molecular flexibility index (Phi) is 3.96. The van der Waals surface area contributed by atoms with Crippen molar-refractivity contribution in [2.24, 2.45) is 5.73 Å². The van der Waals surface area contributed by atoms with Crippen LogP contribution in [0.1, 0.15) is 42.8 Å². The molecule has 1 unspecified atom stereocenters. The van der Waals surface area contributed by atoms with Crippen molar-refractivity contribution in [2.75, 3.05) is 0 Å². The molecule has 1 aromatic carbocycles. The first-order valence-corrected chi connectivity index (χ1v) is 5.35. The fourth-order valence-corrected chi connectivity index (χ4v) is 1.55. The lowest BCUT2D eigenvalue weighted by molar-refractivity contribution is 0.0997. The zero-order valence-corrected chi connectivity index (χ0v) is 10.1. The minimum absolute atomic E-state index is 0.0305. The molecule has 5 heteroatoms. The first-order chi connectivity index (χ1) is 7.84. The molecular weight excluding hydrogens is 222 g/mol. The molecule has 0 radical (unpaired) electrons. The number of hydrogen-bond donors (Lipinski definition) is 3. The summed E-state index contributed by atoms with van der Waals surface area (Å²) in [5, 5.41) is 19.5. The van der Waals surface area contributed by atoms with Crippen molar-refractivity contribution in [1.82, 2.24) is 0 Å². The van der Waals surface area contributed by atoms with Crippen molar-refractivity contribution in [1.29, 1.82) is 0 Å². The number of rotatable bonds is 4. The van der Waals surface area contributed by atoms with Crippen LogP contribution in [0.4, 0.5) is 0 Å². The number of aromatic hydroxyl groups is 1. The molecule has 0 aliphatic heterocycles. The third kappa shape index (κ3) is 2.88. The van der Waals surface area contributed by atoms with Gasteiger partial charge in [-0.25, -0.2) is 0 Å². The summed E-state index contributed by atoms with van der Waals surface area (Å²) < 4.78 is 5.45. The summed E-state index contributed by atoms with van der Waals surface area (Å²) in [7, 11) is 0. The molecule has 0 spiro atoms. The first-order valence-electron chi connectivity index (χ1n) is 5.35. The maximum atomic E-state index is 11.1. The largest absolute Gasteiger partial charge is 0.507 e. The van der Waals surface area contributed by atoms with Crippen molar-refractivity contribution >= 4 is 5.91 Å². The molecule has 5 nitrogen and oxygen atoms in total. The molecule has 0 aliphatic rings. The Bertz CT molecular complexity index is 427. The lowest BCUT2D eigenvalue weighted by Gasteiger charge is -2.18. The minimum atomic E-state index is -0.956. The third-order valence-electron chi connectivity index (χ3n) is 2.22. The molecule has 1 atom stereocenters. The second-order valence-corrected chi connectivity index (χ2v) is 4.08. The number of amides is 1. The van der Waals surface area contributed by atoms with Gasteiger partial charge in [-0.15, -0.1) is 0 Å². The van der Waals surface area contributed by atoms with E-state index in [0.29, 0.717) is 5.75 Å². The Morgan fingerprint density at radius 2 is 1.94 bits per heavy atom. The van der Waals surface area contributed by atoms with Crippen molar-refractivity contribution in [2.45, 2.75) is 33.0 Å². The Labute approximate surface area is 99.8 Å². The van der Waals surface area contributed by atoms with E-state index in [1.54, 1.807) is 0 Å². The Hall–Kier alpha value is -1.75. The minimum Gasteiger partial charge on any atom is -0.507 e. The molecule has 0 bridgehead atoms. The van der Waals surface area contributed by atoms with Crippen molar-refractivity contribution in [3.63, 3.8) is 0 Å². The number of aliphatic hydroxyl groups is 1. The van der Waals surface area contributed by atoms with Gasteiger partial charge < -0.3 is 20.7 Å². The lowest BCUT2D eigenvalue weighted by Crippen LogP contribution is -2.14. The van der Waals surface area contributed by atoms with Crippen LogP contribution in [-0.4, -0.2) is 22.2 Å².